The molecule has 0 radical (unpaired) electrons. The van der Waals surface area contributed by atoms with Gasteiger partial charge in [0.2, 0.25) is 5.91 Å². The van der Waals surface area contributed by atoms with Crippen LogP contribution in [0.3, 0.4) is 0 Å². The van der Waals surface area contributed by atoms with Gasteiger partial charge in [0.15, 0.2) is 17.5 Å². The SMILES string of the molecule is Cc1ccc(-c2csc(N3C[C@@H](C(=O)OCC(=O)c4ccc([N+](=O)[O-])cc4)CC3=O)n2)cc1. The smallest absolute Gasteiger partial charge is 0.311 e. The first-order chi connectivity index (χ1) is 15.8. The van der Waals surface area contributed by atoms with Gasteiger partial charge in [0, 0.05) is 41.6 Å². The van der Waals surface area contributed by atoms with Gasteiger partial charge in [-0.25, -0.2) is 4.98 Å². The zero-order valence-electron chi connectivity index (χ0n) is 17.6. The summed E-state index contributed by atoms with van der Waals surface area (Å²) in [5, 5.41) is 13.1. The Morgan fingerprint density at radius 2 is 1.88 bits per heavy atom. The summed E-state index contributed by atoms with van der Waals surface area (Å²) in [5.74, 6) is -2.06. The van der Waals surface area contributed by atoms with Gasteiger partial charge in [-0.2, -0.15) is 0 Å². The highest BCUT2D eigenvalue weighted by molar-refractivity contribution is 7.14. The van der Waals surface area contributed by atoms with Crippen molar-refractivity contribution in [3.05, 3.63) is 75.2 Å². The molecule has 9 nitrogen and oxygen atoms in total. The molecule has 1 atom stereocenters. The lowest BCUT2D eigenvalue weighted by Gasteiger charge is -2.12. The Labute approximate surface area is 192 Å². The lowest BCUT2D eigenvalue weighted by atomic mass is 10.1. The number of nitro benzene ring substituents is 1. The highest BCUT2D eigenvalue weighted by atomic mass is 32.1. The fourth-order valence-corrected chi connectivity index (χ4v) is 4.26. The van der Waals surface area contributed by atoms with Crippen LogP contribution in [-0.4, -0.2) is 40.7 Å². The maximum absolute atomic E-state index is 12.5. The second kappa shape index (κ2) is 9.29. The van der Waals surface area contributed by atoms with Gasteiger partial charge in [0.05, 0.1) is 16.5 Å². The van der Waals surface area contributed by atoms with E-state index in [4.69, 9.17) is 4.74 Å². The van der Waals surface area contributed by atoms with E-state index in [0.717, 1.165) is 16.8 Å². The zero-order chi connectivity index (χ0) is 23.5. The van der Waals surface area contributed by atoms with Gasteiger partial charge in [0.1, 0.15) is 0 Å². The van der Waals surface area contributed by atoms with Gasteiger partial charge in [-0.3, -0.25) is 29.4 Å². The summed E-state index contributed by atoms with van der Waals surface area (Å²) in [4.78, 5) is 53.3. The molecule has 1 aliphatic rings. The van der Waals surface area contributed by atoms with Crippen LogP contribution in [0.2, 0.25) is 0 Å². The highest BCUT2D eigenvalue weighted by Crippen LogP contribution is 2.32. The Bertz CT molecular complexity index is 1220. The van der Waals surface area contributed by atoms with Crippen LogP contribution < -0.4 is 4.90 Å². The summed E-state index contributed by atoms with van der Waals surface area (Å²) in [6.45, 7) is 1.62. The maximum Gasteiger partial charge on any atom is 0.311 e. The van der Waals surface area contributed by atoms with Crippen LogP contribution in [0.5, 0.6) is 0 Å². The van der Waals surface area contributed by atoms with Gasteiger partial charge >= 0.3 is 5.97 Å². The number of carbonyl (C=O) groups is 3. The molecule has 2 heterocycles. The molecule has 1 fully saturated rings. The number of carbonyl (C=O) groups excluding carboxylic acids is 3. The minimum absolute atomic E-state index is 0.0238. The van der Waals surface area contributed by atoms with Crippen molar-refractivity contribution in [3.63, 3.8) is 0 Å². The van der Waals surface area contributed by atoms with Crippen LogP contribution in [0.1, 0.15) is 22.3 Å². The Kier molecular flexibility index (Phi) is 6.27. The van der Waals surface area contributed by atoms with Crippen LogP contribution in [0.4, 0.5) is 10.8 Å². The van der Waals surface area contributed by atoms with Crippen molar-refractivity contribution in [1.82, 2.24) is 4.98 Å². The molecule has 1 aromatic heterocycles. The molecule has 1 amide bonds. The molecule has 0 N–H and O–H groups in total. The van der Waals surface area contributed by atoms with E-state index in [9.17, 15) is 24.5 Å². The third-order valence-electron chi connectivity index (χ3n) is 5.27. The van der Waals surface area contributed by atoms with Crippen molar-refractivity contribution in [2.45, 2.75) is 13.3 Å². The number of ether oxygens (including phenoxy) is 1. The quantitative estimate of drug-likeness (QED) is 0.225. The lowest BCUT2D eigenvalue weighted by Crippen LogP contribution is -2.27. The van der Waals surface area contributed by atoms with Crippen molar-refractivity contribution < 1.29 is 24.0 Å². The monoisotopic (exact) mass is 465 g/mol. The number of aromatic nitrogens is 1. The predicted molar refractivity (Wildman–Crippen MR) is 121 cm³/mol. The number of Topliss-reactive ketones (excluding diaryl/α,β-unsaturated/α-hetero) is 1. The summed E-state index contributed by atoms with van der Waals surface area (Å²) in [7, 11) is 0. The molecule has 1 saturated heterocycles. The average molecular weight is 465 g/mol. The predicted octanol–water partition coefficient (Wildman–Crippen LogP) is 3.81. The molecule has 0 spiro atoms. The Balaban J connectivity index is 1.35. The number of anilines is 1. The summed E-state index contributed by atoms with van der Waals surface area (Å²) in [6.07, 6.45) is -0.0238. The van der Waals surface area contributed by atoms with Crippen molar-refractivity contribution in [2.75, 3.05) is 18.1 Å². The first-order valence-electron chi connectivity index (χ1n) is 10.1. The maximum atomic E-state index is 12.5. The number of hydrogen-bond donors (Lipinski definition) is 0. The molecule has 4 rings (SSSR count). The standard InChI is InChI=1S/C23H19N3O6S/c1-14-2-4-15(5-3-14)19-13-33-23(24-19)25-11-17(10-21(25)28)22(29)32-12-20(27)16-6-8-18(9-7-16)26(30)31/h2-9,13,17H,10-12H2,1H3/t17-/m0/s1. The second-order valence-corrected chi connectivity index (χ2v) is 8.46. The summed E-state index contributed by atoms with van der Waals surface area (Å²) in [6, 6.07) is 12.9. The molecular weight excluding hydrogens is 446 g/mol. The Hall–Kier alpha value is -3.92. The van der Waals surface area contributed by atoms with E-state index in [1.165, 1.54) is 40.5 Å². The molecule has 3 aromatic rings. The van der Waals surface area contributed by atoms with E-state index in [-0.39, 0.29) is 30.1 Å². The molecule has 168 valence electrons. The number of nitrogens with zero attached hydrogens (tertiary/aromatic N) is 3. The van der Waals surface area contributed by atoms with Gasteiger partial charge in [-0.05, 0) is 19.1 Å². The van der Waals surface area contributed by atoms with E-state index >= 15 is 0 Å². The van der Waals surface area contributed by atoms with E-state index in [1.807, 2.05) is 36.6 Å². The number of non-ortho nitro benzene ring substituents is 1. The van der Waals surface area contributed by atoms with Crippen LogP contribution >= 0.6 is 11.3 Å². The third-order valence-corrected chi connectivity index (χ3v) is 6.14. The first-order valence-corrected chi connectivity index (χ1v) is 11.0. The van der Waals surface area contributed by atoms with E-state index in [0.29, 0.717) is 5.13 Å². The third kappa shape index (κ3) is 4.96. The Morgan fingerprint density at radius 3 is 2.55 bits per heavy atom. The first kappa shape index (κ1) is 22.3. The molecule has 0 saturated carbocycles. The van der Waals surface area contributed by atoms with E-state index in [1.54, 1.807) is 0 Å². The van der Waals surface area contributed by atoms with Gasteiger partial charge < -0.3 is 4.74 Å². The van der Waals surface area contributed by atoms with Crippen molar-refractivity contribution in [2.24, 2.45) is 5.92 Å². The number of hydrogen-bond acceptors (Lipinski definition) is 8. The fourth-order valence-electron chi connectivity index (χ4n) is 3.40. The van der Waals surface area contributed by atoms with Crippen LogP contribution in [0, 0.1) is 23.0 Å². The van der Waals surface area contributed by atoms with Crippen LogP contribution in [-0.2, 0) is 14.3 Å². The molecular formula is C23H19N3O6S. The van der Waals surface area contributed by atoms with E-state index in [2.05, 4.69) is 4.98 Å². The van der Waals surface area contributed by atoms with Gasteiger partial charge in [-0.15, -0.1) is 11.3 Å². The largest absolute Gasteiger partial charge is 0.457 e. The summed E-state index contributed by atoms with van der Waals surface area (Å²) < 4.78 is 5.12. The molecule has 0 bridgehead atoms. The van der Waals surface area contributed by atoms with Crippen LogP contribution in [0.15, 0.2) is 53.9 Å². The zero-order valence-corrected chi connectivity index (χ0v) is 18.4. The number of amides is 1. The second-order valence-electron chi connectivity index (χ2n) is 7.62. The number of nitro groups is 1. The van der Waals surface area contributed by atoms with E-state index < -0.39 is 29.2 Å². The van der Waals surface area contributed by atoms with Crippen molar-refractivity contribution in [1.29, 1.82) is 0 Å². The highest BCUT2D eigenvalue weighted by Gasteiger charge is 2.37. The Morgan fingerprint density at radius 1 is 1.18 bits per heavy atom. The average Bonchev–Trinajstić information content (AvgIpc) is 3.44. The minimum atomic E-state index is -0.700. The van der Waals surface area contributed by atoms with Crippen molar-refractivity contribution in [3.8, 4) is 11.3 Å². The normalized spacial score (nSPS) is 15.5. The number of thiazole rings is 1. The number of benzene rings is 2. The molecule has 1 aliphatic heterocycles. The summed E-state index contributed by atoms with van der Waals surface area (Å²) >= 11 is 1.32. The lowest BCUT2D eigenvalue weighted by molar-refractivity contribution is -0.384. The van der Waals surface area contributed by atoms with Crippen molar-refractivity contribution >= 4 is 39.8 Å². The molecule has 0 unspecified atom stereocenters. The van der Waals surface area contributed by atoms with Gasteiger partial charge in [-0.1, -0.05) is 29.8 Å². The molecule has 2 aromatic carbocycles. The number of rotatable bonds is 7. The number of aryl methyl sites for hydroxylation is 1. The summed E-state index contributed by atoms with van der Waals surface area (Å²) in [5.41, 5.74) is 2.89. The molecule has 33 heavy (non-hydrogen) atoms. The fraction of sp³-hybridized carbons (Fsp3) is 0.217. The molecule has 0 aliphatic carbocycles. The number of ketones is 1. The van der Waals surface area contributed by atoms with Gasteiger partial charge in [0.25, 0.3) is 5.69 Å². The number of esters is 1. The topological polar surface area (TPSA) is 120 Å². The van der Waals surface area contributed by atoms with Crippen LogP contribution in [0.25, 0.3) is 11.3 Å². The minimum Gasteiger partial charge on any atom is -0.457 e. The molecule has 10 heteroatoms.